The van der Waals surface area contributed by atoms with Crippen molar-refractivity contribution in [1.29, 1.82) is 0 Å². The monoisotopic (exact) mass is 344 g/mol. The average Bonchev–Trinajstić information content (AvgIpc) is 3.08. The number of aryl methyl sites for hydroxylation is 1. The lowest BCUT2D eigenvalue weighted by Gasteiger charge is -2.22. The first-order valence-corrected chi connectivity index (χ1v) is 8.73. The first kappa shape index (κ1) is 18.9. The van der Waals surface area contributed by atoms with Gasteiger partial charge in [-0.3, -0.25) is 0 Å². The van der Waals surface area contributed by atoms with Gasteiger partial charge in [-0.1, -0.05) is 37.3 Å². The second-order valence-corrected chi connectivity index (χ2v) is 6.06. The van der Waals surface area contributed by atoms with Crippen LogP contribution < -0.4 is 10.6 Å². The molecule has 2 rings (SSSR count). The molecule has 0 saturated carbocycles. The summed E-state index contributed by atoms with van der Waals surface area (Å²) in [4.78, 5) is 4.53. The highest BCUT2D eigenvalue weighted by molar-refractivity contribution is 5.79. The Morgan fingerprint density at radius 1 is 1.24 bits per heavy atom. The Kier molecular flexibility index (Phi) is 6.94. The van der Waals surface area contributed by atoms with Gasteiger partial charge in [0.1, 0.15) is 17.8 Å². The van der Waals surface area contributed by atoms with Crippen LogP contribution in [0.2, 0.25) is 0 Å². The van der Waals surface area contributed by atoms with Gasteiger partial charge in [-0.2, -0.15) is 0 Å². The molecule has 0 aliphatic carbocycles. The quantitative estimate of drug-likeness (QED) is 0.496. The lowest BCUT2D eigenvalue weighted by atomic mass is 9.96. The molecule has 0 fully saturated rings. The van der Waals surface area contributed by atoms with Crippen LogP contribution in [0.3, 0.4) is 0 Å². The Hall–Kier alpha value is -2.41. The molecule has 0 spiro atoms. The van der Waals surface area contributed by atoms with Crippen LogP contribution >= 0.6 is 0 Å². The van der Waals surface area contributed by atoms with Crippen molar-refractivity contribution in [2.45, 2.75) is 39.3 Å². The van der Waals surface area contributed by atoms with Crippen LogP contribution in [0.15, 0.2) is 41.7 Å². The highest BCUT2D eigenvalue weighted by atomic mass is 16.3. The van der Waals surface area contributed by atoms with E-state index in [0.29, 0.717) is 12.5 Å². The van der Waals surface area contributed by atoms with Crippen LogP contribution in [0.25, 0.3) is 0 Å². The third-order valence-corrected chi connectivity index (χ3v) is 3.94. The highest BCUT2D eigenvalue weighted by Crippen LogP contribution is 2.20. The van der Waals surface area contributed by atoms with Gasteiger partial charge in [0.25, 0.3) is 0 Å². The number of nitrogens with zero attached hydrogens (tertiary/aromatic N) is 4. The molecule has 136 valence electrons. The molecule has 1 atom stereocenters. The molecule has 0 bridgehead atoms. The minimum atomic E-state index is -1.01. The van der Waals surface area contributed by atoms with Gasteiger partial charge in [-0.25, -0.2) is 4.99 Å². The Balaban J connectivity index is 1.94. The summed E-state index contributed by atoms with van der Waals surface area (Å²) in [6.07, 6.45) is 2.60. The van der Waals surface area contributed by atoms with E-state index in [1.165, 1.54) is 0 Å². The van der Waals surface area contributed by atoms with E-state index in [1.54, 1.807) is 13.3 Å². The molecule has 7 nitrogen and oxygen atoms in total. The zero-order valence-electron chi connectivity index (χ0n) is 15.2. The lowest BCUT2D eigenvalue weighted by Crippen LogP contribution is -2.40. The van der Waals surface area contributed by atoms with Crippen molar-refractivity contribution < 1.29 is 5.11 Å². The molecular weight excluding hydrogens is 316 g/mol. The summed E-state index contributed by atoms with van der Waals surface area (Å²) in [6.45, 7) is 8.35. The molecule has 1 aromatic heterocycles. The van der Waals surface area contributed by atoms with Crippen molar-refractivity contribution >= 4 is 5.96 Å². The van der Waals surface area contributed by atoms with Crippen molar-refractivity contribution in [3.63, 3.8) is 0 Å². The number of aliphatic imine (C=N–C) groups is 1. The van der Waals surface area contributed by atoms with Gasteiger partial charge in [0.15, 0.2) is 5.96 Å². The second-order valence-electron chi connectivity index (χ2n) is 6.06. The van der Waals surface area contributed by atoms with Crippen molar-refractivity contribution in [2.24, 2.45) is 4.99 Å². The standard InChI is InChI=1S/C18H28N6O/c1-4-16-23-22-14-24(16)12-11-20-17(19-5-2)21-13-18(3,25)15-9-7-6-8-10-15/h6-10,14,25H,4-5,11-13H2,1-3H3,(H2,19,20,21). The van der Waals surface area contributed by atoms with E-state index in [9.17, 15) is 5.11 Å². The van der Waals surface area contributed by atoms with Gasteiger partial charge in [-0.15, -0.1) is 10.2 Å². The summed E-state index contributed by atoms with van der Waals surface area (Å²) in [5, 5.41) is 25.2. The minimum absolute atomic E-state index is 0.277. The highest BCUT2D eigenvalue weighted by Gasteiger charge is 2.22. The predicted molar refractivity (Wildman–Crippen MR) is 99.4 cm³/mol. The number of hydrogen-bond acceptors (Lipinski definition) is 4. The van der Waals surface area contributed by atoms with Gasteiger partial charge < -0.3 is 20.3 Å². The molecular formula is C18H28N6O. The van der Waals surface area contributed by atoms with Crippen molar-refractivity contribution in [1.82, 2.24) is 25.4 Å². The SMILES string of the molecule is CCNC(=NCC(C)(O)c1ccccc1)NCCn1cnnc1CC. The zero-order valence-corrected chi connectivity index (χ0v) is 15.2. The Labute approximate surface area is 149 Å². The maximum absolute atomic E-state index is 10.7. The number of aromatic nitrogens is 3. The molecule has 1 aromatic carbocycles. The van der Waals surface area contributed by atoms with Gasteiger partial charge in [0, 0.05) is 26.1 Å². The zero-order chi connectivity index (χ0) is 18.1. The molecule has 25 heavy (non-hydrogen) atoms. The van der Waals surface area contributed by atoms with E-state index in [2.05, 4.69) is 32.7 Å². The summed E-state index contributed by atoms with van der Waals surface area (Å²) in [5.74, 6) is 1.65. The molecule has 3 N–H and O–H groups in total. The van der Waals surface area contributed by atoms with Crippen molar-refractivity contribution in [3.05, 3.63) is 48.0 Å². The van der Waals surface area contributed by atoms with Crippen molar-refractivity contribution in [2.75, 3.05) is 19.6 Å². The van der Waals surface area contributed by atoms with E-state index in [1.807, 2.05) is 41.8 Å². The smallest absolute Gasteiger partial charge is 0.191 e. The molecule has 1 heterocycles. The third kappa shape index (κ3) is 5.56. The predicted octanol–water partition coefficient (Wildman–Crippen LogP) is 1.30. The number of hydrogen-bond donors (Lipinski definition) is 3. The molecule has 0 aliphatic heterocycles. The van der Waals surface area contributed by atoms with E-state index in [-0.39, 0.29) is 6.54 Å². The molecule has 0 saturated heterocycles. The number of rotatable bonds is 8. The van der Waals surface area contributed by atoms with Crippen LogP contribution in [-0.4, -0.2) is 45.5 Å². The normalized spacial score (nSPS) is 14.2. The van der Waals surface area contributed by atoms with Crippen molar-refractivity contribution in [3.8, 4) is 0 Å². The van der Waals surface area contributed by atoms with Gasteiger partial charge in [-0.05, 0) is 19.4 Å². The van der Waals surface area contributed by atoms with Gasteiger partial charge >= 0.3 is 0 Å². The molecule has 1 unspecified atom stereocenters. The maximum Gasteiger partial charge on any atom is 0.191 e. The van der Waals surface area contributed by atoms with Gasteiger partial charge in [0.05, 0.1) is 6.54 Å². The Morgan fingerprint density at radius 3 is 2.68 bits per heavy atom. The fraction of sp³-hybridized carbons (Fsp3) is 0.500. The summed E-state index contributed by atoms with van der Waals surface area (Å²) in [6, 6.07) is 9.59. The van der Waals surface area contributed by atoms with Gasteiger partial charge in [0.2, 0.25) is 0 Å². The summed E-state index contributed by atoms with van der Waals surface area (Å²) in [7, 11) is 0. The molecule has 0 radical (unpaired) electrons. The molecule has 0 amide bonds. The second kappa shape index (κ2) is 9.17. The number of nitrogens with one attached hydrogen (secondary N) is 2. The van der Waals surface area contributed by atoms with Crippen LogP contribution in [0.5, 0.6) is 0 Å². The fourth-order valence-corrected chi connectivity index (χ4v) is 2.50. The number of benzene rings is 1. The van der Waals surface area contributed by atoms with E-state index in [0.717, 1.165) is 30.9 Å². The summed E-state index contributed by atoms with van der Waals surface area (Å²) >= 11 is 0. The van der Waals surface area contributed by atoms with E-state index < -0.39 is 5.60 Å². The number of guanidine groups is 1. The van der Waals surface area contributed by atoms with Crippen LogP contribution in [-0.2, 0) is 18.6 Å². The number of aliphatic hydroxyl groups is 1. The topological polar surface area (TPSA) is 87.4 Å². The lowest BCUT2D eigenvalue weighted by molar-refractivity contribution is 0.0672. The fourth-order valence-electron chi connectivity index (χ4n) is 2.50. The Bertz CT molecular complexity index is 665. The molecule has 0 aliphatic rings. The summed E-state index contributed by atoms with van der Waals surface area (Å²) < 4.78 is 2.02. The van der Waals surface area contributed by atoms with E-state index in [4.69, 9.17) is 0 Å². The first-order valence-electron chi connectivity index (χ1n) is 8.73. The summed E-state index contributed by atoms with van der Waals surface area (Å²) in [5.41, 5.74) is -0.153. The minimum Gasteiger partial charge on any atom is -0.384 e. The molecule has 7 heteroatoms. The Morgan fingerprint density at radius 2 is 2.00 bits per heavy atom. The molecule has 2 aromatic rings. The average molecular weight is 344 g/mol. The maximum atomic E-state index is 10.7. The van der Waals surface area contributed by atoms with E-state index >= 15 is 0 Å². The largest absolute Gasteiger partial charge is 0.384 e. The van der Waals surface area contributed by atoms with Crippen LogP contribution in [0, 0.1) is 0 Å². The van der Waals surface area contributed by atoms with Crippen LogP contribution in [0.1, 0.15) is 32.2 Å². The third-order valence-electron chi connectivity index (χ3n) is 3.94. The van der Waals surface area contributed by atoms with Crippen LogP contribution in [0.4, 0.5) is 0 Å². The first-order chi connectivity index (χ1) is 12.1.